The highest BCUT2D eigenvalue weighted by Gasteiger charge is 2.34. The summed E-state index contributed by atoms with van der Waals surface area (Å²) in [6, 6.07) is 5.32. The topological polar surface area (TPSA) is 140 Å². The molecule has 0 bridgehead atoms. The molecule has 0 radical (unpaired) electrons. The van der Waals surface area contributed by atoms with Crippen LogP contribution < -0.4 is 20.4 Å². The summed E-state index contributed by atoms with van der Waals surface area (Å²) in [6.07, 6.45) is 3.66. The van der Waals surface area contributed by atoms with Gasteiger partial charge in [0.15, 0.2) is 11.6 Å². The Morgan fingerprint density at radius 2 is 1.93 bits per heavy atom. The van der Waals surface area contributed by atoms with Crippen molar-refractivity contribution in [1.29, 1.82) is 0 Å². The van der Waals surface area contributed by atoms with E-state index in [-0.39, 0.29) is 60.3 Å². The van der Waals surface area contributed by atoms with Crippen molar-refractivity contribution in [2.75, 3.05) is 24.6 Å². The zero-order chi connectivity index (χ0) is 30.4. The fourth-order valence-electron chi connectivity index (χ4n) is 5.88. The molecule has 2 aromatic heterocycles. The number of carbonyl (C=O) groups excluding carboxylic acids is 2. The third-order valence-electron chi connectivity index (χ3n) is 8.24. The second-order valence-electron chi connectivity index (χ2n) is 11.4. The van der Waals surface area contributed by atoms with Gasteiger partial charge < -0.3 is 24.5 Å². The summed E-state index contributed by atoms with van der Waals surface area (Å²) in [5, 5.41) is 12.0. The molecule has 11 nitrogen and oxygen atoms in total. The molecule has 1 aromatic carbocycles. The number of fused-ring (bicyclic) bond motifs is 1. The molecule has 3 atom stereocenters. The Labute approximate surface area is 244 Å². The molecule has 2 amide bonds. The summed E-state index contributed by atoms with van der Waals surface area (Å²) in [5.41, 5.74) is -0.331. The van der Waals surface area contributed by atoms with Gasteiger partial charge in [-0.15, -0.1) is 0 Å². The molecule has 3 aliphatic rings. The maximum absolute atomic E-state index is 15.3. The lowest BCUT2D eigenvalue weighted by molar-refractivity contribution is -0.119. The van der Waals surface area contributed by atoms with Crippen LogP contribution in [0.4, 0.5) is 19.3 Å². The largest absolute Gasteiger partial charge is 0.490 e. The van der Waals surface area contributed by atoms with Gasteiger partial charge in [-0.05, 0) is 56.2 Å². The number of amides is 2. The summed E-state index contributed by atoms with van der Waals surface area (Å²) in [5.74, 6) is -3.12. The zero-order valence-electron chi connectivity index (χ0n) is 23.3. The van der Waals surface area contributed by atoms with Crippen molar-refractivity contribution >= 4 is 34.7 Å². The van der Waals surface area contributed by atoms with E-state index in [1.54, 1.807) is 10.6 Å². The third-order valence-corrected chi connectivity index (χ3v) is 8.24. The van der Waals surface area contributed by atoms with E-state index in [4.69, 9.17) is 9.47 Å². The standard InChI is InChI=1S/C30H30F2N4O7/c1-15(37)33-11-20-12-36(30(41)43-20)19-6-7-25(23(31)9-19)42-14-16-2-3-17(8-16)26-24(32)10-21-27(38)22(29(39)40)13-35(18-4-5-18)28(21)34-26/h6-7,9-10,13,16-18,20H,2-5,8,11-12,14H2,1H3,(H,33,37)(H,39,40)/t16-,17?,20-/m0/s1. The van der Waals surface area contributed by atoms with E-state index in [2.05, 4.69) is 10.3 Å². The number of hydrogen-bond donors (Lipinski definition) is 2. The Hall–Kier alpha value is -4.55. The second kappa shape index (κ2) is 11.3. The zero-order valence-corrected chi connectivity index (χ0v) is 23.3. The molecule has 13 heteroatoms. The number of benzene rings is 1. The highest BCUT2D eigenvalue weighted by molar-refractivity contribution is 5.92. The first-order valence-corrected chi connectivity index (χ1v) is 14.2. The Morgan fingerprint density at radius 1 is 1.14 bits per heavy atom. The third kappa shape index (κ3) is 5.75. The van der Waals surface area contributed by atoms with Crippen LogP contribution in [0.1, 0.15) is 67.0 Å². The van der Waals surface area contributed by atoms with Crippen molar-refractivity contribution in [2.45, 2.75) is 57.1 Å². The van der Waals surface area contributed by atoms with E-state index >= 15 is 4.39 Å². The van der Waals surface area contributed by atoms with Crippen LogP contribution in [0, 0.1) is 17.6 Å². The molecule has 2 N–H and O–H groups in total. The minimum absolute atomic E-state index is 0.00378. The second-order valence-corrected chi connectivity index (χ2v) is 11.4. The van der Waals surface area contributed by atoms with E-state index in [1.165, 1.54) is 30.2 Å². The van der Waals surface area contributed by atoms with Crippen molar-refractivity contribution in [2.24, 2.45) is 5.92 Å². The Morgan fingerprint density at radius 3 is 2.63 bits per heavy atom. The maximum atomic E-state index is 15.3. The Balaban J connectivity index is 1.12. The van der Waals surface area contributed by atoms with Crippen molar-refractivity contribution in [3.05, 3.63) is 63.6 Å². The van der Waals surface area contributed by atoms with Gasteiger partial charge in [0.2, 0.25) is 11.3 Å². The molecule has 1 aliphatic heterocycles. The lowest BCUT2D eigenvalue weighted by Crippen LogP contribution is -2.33. The molecule has 6 rings (SSSR count). The van der Waals surface area contributed by atoms with E-state index in [1.807, 2.05) is 0 Å². The predicted molar refractivity (Wildman–Crippen MR) is 149 cm³/mol. The van der Waals surface area contributed by atoms with Crippen LogP contribution in [0.3, 0.4) is 0 Å². The molecule has 43 heavy (non-hydrogen) atoms. The smallest absolute Gasteiger partial charge is 0.414 e. The monoisotopic (exact) mass is 596 g/mol. The lowest BCUT2D eigenvalue weighted by Gasteiger charge is -2.17. The van der Waals surface area contributed by atoms with E-state index in [0.717, 1.165) is 18.9 Å². The van der Waals surface area contributed by atoms with Crippen LogP contribution in [0.15, 0.2) is 35.3 Å². The van der Waals surface area contributed by atoms with Crippen molar-refractivity contribution in [3.8, 4) is 5.75 Å². The fraction of sp³-hybridized carbons (Fsp3) is 0.433. The van der Waals surface area contributed by atoms with Crippen LogP contribution in [0.2, 0.25) is 0 Å². The number of aromatic carboxylic acids is 1. The molecule has 1 saturated heterocycles. The van der Waals surface area contributed by atoms with Gasteiger partial charge in [-0.25, -0.2) is 23.4 Å². The minimum atomic E-state index is -1.36. The summed E-state index contributed by atoms with van der Waals surface area (Å²) >= 11 is 0. The molecule has 2 aliphatic carbocycles. The summed E-state index contributed by atoms with van der Waals surface area (Å²) in [7, 11) is 0. The molecule has 2 saturated carbocycles. The molecule has 3 fully saturated rings. The van der Waals surface area contributed by atoms with Crippen LogP contribution in [-0.4, -0.2) is 58.4 Å². The van der Waals surface area contributed by atoms with Crippen molar-refractivity contribution < 1.29 is 37.7 Å². The van der Waals surface area contributed by atoms with Crippen molar-refractivity contribution in [3.63, 3.8) is 0 Å². The fourth-order valence-corrected chi connectivity index (χ4v) is 5.88. The molecule has 3 heterocycles. The van der Waals surface area contributed by atoms with Gasteiger partial charge >= 0.3 is 12.1 Å². The lowest BCUT2D eigenvalue weighted by atomic mass is 10.00. The van der Waals surface area contributed by atoms with Gasteiger partial charge in [-0.2, -0.15) is 0 Å². The number of ether oxygens (including phenoxy) is 2. The first-order chi connectivity index (χ1) is 20.6. The van der Waals surface area contributed by atoms with Gasteiger partial charge in [-0.1, -0.05) is 0 Å². The van der Waals surface area contributed by atoms with Crippen LogP contribution in [0.5, 0.6) is 5.75 Å². The Bertz CT molecular complexity index is 1690. The van der Waals surface area contributed by atoms with Crippen LogP contribution >= 0.6 is 0 Å². The predicted octanol–water partition coefficient (Wildman–Crippen LogP) is 4.13. The van der Waals surface area contributed by atoms with Gasteiger partial charge in [-0.3, -0.25) is 14.5 Å². The maximum Gasteiger partial charge on any atom is 0.414 e. The van der Waals surface area contributed by atoms with Gasteiger partial charge in [0.1, 0.15) is 23.1 Å². The van der Waals surface area contributed by atoms with Crippen LogP contribution in [-0.2, 0) is 9.53 Å². The molecule has 226 valence electrons. The van der Waals surface area contributed by atoms with Gasteiger partial charge in [0, 0.05) is 31.1 Å². The average Bonchev–Trinajstić information content (AvgIpc) is 3.58. The number of hydrogen-bond acceptors (Lipinski definition) is 7. The van der Waals surface area contributed by atoms with Gasteiger partial charge in [0.05, 0.1) is 36.5 Å². The summed E-state index contributed by atoms with van der Waals surface area (Å²) in [4.78, 5) is 53.5. The number of carbonyl (C=O) groups is 3. The first kappa shape index (κ1) is 28.6. The van der Waals surface area contributed by atoms with E-state index < -0.39 is 40.8 Å². The highest BCUT2D eigenvalue weighted by Crippen LogP contribution is 2.41. The number of nitrogens with zero attached hydrogens (tertiary/aromatic N) is 3. The van der Waals surface area contributed by atoms with Gasteiger partial charge in [0.25, 0.3) is 0 Å². The summed E-state index contributed by atoms with van der Waals surface area (Å²) < 4.78 is 42.9. The number of nitrogens with one attached hydrogen (secondary N) is 1. The number of halogens is 2. The number of carboxylic acid groups (broad SMARTS) is 1. The molecule has 1 unspecified atom stereocenters. The van der Waals surface area contributed by atoms with Crippen LogP contribution in [0.25, 0.3) is 11.0 Å². The Kier molecular flexibility index (Phi) is 7.49. The average molecular weight is 597 g/mol. The SMILES string of the molecule is CC(=O)NC[C@H]1CN(c2ccc(OC[C@H]3CCC(c4nc5c(cc4F)c(=O)c(C(=O)O)cn5C4CC4)C3)c(F)c2)C(=O)O1. The molecular weight excluding hydrogens is 566 g/mol. The number of carboxylic acids is 1. The molecule has 0 spiro atoms. The number of cyclic esters (lactones) is 1. The van der Waals surface area contributed by atoms with E-state index in [0.29, 0.717) is 30.6 Å². The first-order valence-electron chi connectivity index (χ1n) is 14.2. The normalized spacial score (nSPS) is 21.7. The highest BCUT2D eigenvalue weighted by atomic mass is 19.1. The number of pyridine rings is 2. The summed E-state index contributed by atoms with van der Waals surface area (Å²) in [6.45, 7) is 1.88. The number of anilines is 1. The number of rotatable bonds is 9. The quantitative estimate of drug-likeness (QED) is 0.376. The molecule has 3 aromatic rings. The minimum Gasteiger partial charge on any atom is -0.490 e. The van der Waals surface area contributed by atoms with Crippen molar-refractivity contribution in [1.82, 2.24) is 14.9 Å². The number of aromatic nitrogens is 2. The van der Waals surface area contributed by atoms with E-state index in [9.17, 15) is 28.7 Å². The molecular formula is C30H30F2N4O7.